The van der Waals surface area contributed by atoms with E-state index in [1.807, 2.05) is 0 Å². The van der Waals surface area contributed by atoms with Gasteiger partial charge in [0.05, 0.1) is 17.6 Å². The van der Waals surface area contributed by atoms with E-state index in [-0.39, 0.29) is 5.92 Å². The third kappa shape index (κ3) is 1.86. The van der Waals surface area contributed by atoms with Crippen molar-refractivity contribution in [3.63, 3.8) is 0 Å². The number of hydrogen-bond donors (Lipinski definition) is 1. The number of nitriles is 1. The largest absolute Gasteiger partial charge is 0.388 e. The summed E-state index contributed by atoms with van der Waals surface area (Å²) in [6.07, 6.45) is 4.76. The molecule has 74 valence electrons. The molecule has 1 N–H and O–H groups in total. The number of aliphatic hydroxyl groups is 1. The van der Waals surface area contributed by atoms with Gasteiger partial charge in [0.1, 0.15) is 0 Å². The van der Waals surface area contributed by atoms with E-state index < -0.39 is 5.60 Å². The predicted molar refractivity (Wildman–Crippen MR) is 52.0 cm³/mol. The highest BCUT2D eigenvalue weighted by Crippen LogP contribution is 2.42. The van der Waals surface area contributed by atoms with Crippen molar-refractivity contribution >= 4 is 0 Å². The molecule has 1 aliphatic carbocycles. The molecule has 2 nitrogen and oxygen atoms in total. The highest BCUT2D eigenvalue weighted by Gasteiger charge is 2.44. The van der Waals surface area contributed by atoms with Crippen LogP contribution in [0.15, 0.2) is 0 Å². The van der Waals surface area contributed by atoms with Gasteiger partial charge in [-0.3, -0.25) is 0 Å². The van der Waals surface area contributed by atoms with Crippen LogP contribution in [-0.2, 0) is 0 Å². The van der Waals surface area contributed by atoms with Gasteiger partial charge in [0.15, 0.2) is 0 Å². The molecule has 2 heteroatoms. The highest BCUT2D eigenvalue weighted by molar-refractivity contribution is 5.03. The molecular formula is C11H19NO. The van der Waals surface area contributed by atoms with E-state index in [4.69, 9.17) is 5.26 Å². The summed E-state index contributed by atoms with van der Waals surface area (Å²) in [6.45, 7) is 4.13. The summed E-state index contributed by atoms with van der Waals surface area (Å²) in [5.41, 5.74) is -0.690. The van der Waals surface area contributed by atoms with Crippen molar-refractivity contribution in [1.29, 1.82) is 5.26 Å². The maximum absolute atomic E-state index is 10.3. The van der Waals surface area contributed by atoms with Crippen molar-refractivity contribution < 1.29 is 5.11 Å². The smallest absolute Gasteiger partial charge is 0.0830 e. The van der Waals surface area contributed by atoms with Crippen LogP contribution in [0, 0.1) is 23.2 Å². The van der Waals surface area contributed by atoms with Gasteiger partial charge in [-0.05, 0) is 25.2 Å². The lowest BCUT2D eigenvalue weighted by molar-refractivity contribution is -0.0295. The van der Waals surface area contributed by atoms with Gasteiger partial charge >= 0.3 is 0 Å². The lowest BCUT2D eigenvalue weighted by Crippen LogP contribution is -2.39. The molecule has 0 bridgehead atoms. The summed E-state index contributed by atoms with van der Waals surface area (Å²) >= 11 is 0. The zero-order chi connectivity index (χ0) is 9.90. The molecular weight excluding hydrogens is 162 g/mol. The molecule has 0 aromatic heterocycles. The second-order valence-corrected chi connectivity index (χ2v) is 4.25. The minimum Gasteiger partial charge on any atom is -0.388 e. The van der Waals surface area contributed by atoms with E-state index >= 15 is 0 Å². The van der Waals surface area contributed by atoms with Crippen molar-refractivity contribution in [2.24, 2.45) is 11.8 Å². The molecule has 3 atom stereocenters. The molecule has 0 amide bonds. The first-order valence-electron chi connectivity index (χ1n) is 5.27. The zero-order valence-corrected chi connectivity index (χ0v) is 8.58. The van der Waals surface area contributed by atoms with E-state index in [0.29, 0.717) is 5.92 Å². The molecule has 3 unspecified atom stereocenters. The Morgan fingerprint density at radius 1 is 1.69 bits per heavy atom. The normalized spacial score (nSPS) is 35.7. The molecule has 0 heterocycles. The Bertz CT molecular complexity index is 209. The third-order valence-electron chi connectivity index (χ3n) is 3.40. The Balaban J connectivity index is 2.71. The molecule has 0 radical (unpaired) electrons. The second-order valence-electron chi connectivity index (χ2n) is 4.25. The van der Waals surface area contributed by atoms with E-state index in [0.717, 1.165) is 32.1 Å². The van der Waals surface area contributed by atoms with Gasteiger partial charge in [-0.15, -0.1) is 0 Å². The minimum atomic E-state index is -0.690. The van der Waals surface area contributed by atoms with Crippen molar-refractivity contribution in [2.45, 2.75) is 51.6 Å². The van der Waals surface area contributed by atoms with Crippen LogP contribution in [0.25, 0.3) is 0 Å². The monoisotopic (exact) mass is 181 g/mol. The minimum absolute atomic E-state index is 0.157. The average molecular weight is 181 g/mol. The highest BCUT2D eigenvalue weighted by atomic mass is 16.3. The van der Waals surface area contributed by atoms with Gasteiger partial charge in [0.25, 0.3) is 0 Å². The Morgan fingerprint density at radius 3 is 2.77 bits per heavy atom. The second kappa shape index (κ2) is 4.11. The van der Waals surface area contributed by atoms with Gasteiger partial charge < -0.3 is 5.11 Å². The van der Waals surface area contributed by atoms with Crippen LogP contribution >= 0.6 is 0 Å². The first-order chi connectivity index (χ1) is 6.15. The van der Waals surface area contributed by atoms with E-state index in [1.165, 1.54) is 0 Å². The lowest BCUT2D eigenvalue weighted by atomic mass is 9.78. The molecule has 1 fully saturated rings. The van der Waals surface area contributed by atoms with Gasteiger partial charge in [0.2, 0.25) is 0 Å². The van der Waals surface area contributed by atoms with Crippen LogP contribution in [0.2, 0.25) is 0 Å². The summed E-state index contributed by atoms with van der Waals surface area (Å²) in [5.74, 6) is 0.138. The number of hydrogen-bond acceptors (Lipinski definition) is 2. The lowest BCUT2D eigenvalue weighted by Gasteiger charge is -2.32. The summed E-state index contributed by atoms with van der Waals surface area (Å²) < 4.78 is 0. The van der Waals surface area contributed by atoms with Crippen molar-refractivity contribution in [2.75, 3.05) is 0 Å². The fraction of sp³-hybridized carbons (Fsp3) is 0.909. The van der Waals surface area contributed by atoms with E-state index in [2.05, 4.69) is 19.9 Å². The van der Waals surface area contributed by atoms with Crippen molar-refractivity contribution in [3.8, 4) is 6.07 Å². The molecule has 0 spiro atoms. The average Bonchev–Trinajstić information content (AvgIpc) is 2.44. The van der Waals surface area contributed by atoms with Gasteiger partial charge in [-0.2, -0.15) is 5.26 Å². The van der Waals surface area contributed by atoms with Crippen LogP contribution in [0.3, 0.4) is 0 Å². The summed E-state index contributed by atoms with van der Waals surface area (Å²) in [4.78, 5) is 0. The summed E-state index contributed by atoms with van der Waals surface area (Å²) in [6, 6.07) is 2.27. The van der Waals surface area contributed by atoms with Gasteiger partial charge in [-0.25, -0.2) is 0 Å². The molecule has 1 saturated carbocycles. The Labute approximate surface area is 80.6 Å². The van der Waals surface area contributed by atoms with Crippen molar-refractivity contribution in [3.05, 3.63) is 0 Å². The third-order valence-corrected chi connectivity index (χ3v) is 3.40. The van der Waals surface area contributed by atoms with E-state index in [1.54, 1.807) is 0 Å². The Hall–Kier alpha value is -0.550. The maximum Gasteiger partial charge on any atom is 0.0830 e. The molecule has 0 aliphatic heterocycles. The summed E-state index contributed by atoms with van der Waals surface area (Å²) in [7, 11) is 0. The van der Waals surface area contributed by atoms with Crippen LogP contribution < -0.4 is 0 Å². The first kappa shape index (κ1) is 10.5. The fourth-order valence-corrected chi connectivity index (χ4v) is 2.42. The van der Waals surface area contributed by atoms with Gasteiger partial charge in [-0.1, -0.05) is 26.7 Å². The Kier molecular flexibility index (Phi) is 3.33. The number of nitrogens with zero attached hydrogens (tertiary/aromatic N) is 1. The maximum atomic E-state index is 10.3. The molecule has 13 heavy (non-hydrogen) atoms. The number of rotatable bonds is 3. The molecule has 1 rings (SSSR count). The van der Waals surface area contributed by atoms with Crippen LogP contribution in [0.4, 0.5) is 0 Å². The SMILES string of the molecule is CCCC(C#N)C1(O)CCCC1C. The van der Waals surface area contributed by atoms with Crippen LogP contribution in [-0.4, -0.2) is 10.7 Å². The first-order valence-corrected chi connectivity index (χ1v) is 5.27. The molecule has 0 aromatic rings. The predicted octanol–water partition coefficient (Wildman–Crippen LogP) is 2.48. The summed E-state index contributed by atoms with van der Waals surface area (Å²) in [5, 5.41) is 19.3. The fourth-order valence-electron chi connectivity index (χ4n) is 2.42. The van der Waals surface area contributed by atoms with Crippen LogP contribution in [0.5, 0.6) is 0 Å². The molecule has 0 aromatic carbocycles. The standard InChI is InChI=1S/C11H19NO/c1-3-5-10(8-12)11(13)7-4-6-9(11)2/h9-10,13H,3-7H2,1-2H3. The quantitative estimate of drug-likeness (QED) is 0.727. The van der Waals surface area contributed by atoms with Crippen LogP contribution in [0.1, 0.15) is 46.0 Å². The molecule has 1 aliphatic rings. The zero-order valence-electron chi connectivity index (χ0n) is 8.58. The van der Waals surface area contributed by atoms with Crippen molar-refractivity contribution in [1.82, 2.24) is 0 Å². The molecule has 0 saturated heterocycles. The van der Waals surface area contributed by atoms with Gasteiger partial charge in [0, 0.05) is 0 Å². The Morgan fingerprint density at radius 2 is 2.38 bits per heavy atom. The topological polar surface area (TPSA) is 44.0 Å². The van der Waals surface area contributed by atoms with E-state index in [9.17, 15) is 5.11 Å².